The van der Waals surface area contributed by atoms with Gasteiger partial charge in [0.2, 0.25) is 15.9 Å². The van der Waals surface area contributed by atoms with E-state index >= 15 is 0 Å². The number of sulfonamides is 1. The number of carbonyl (C=O) groups excluding carboxylic acids is 2. The molecule has 3 aliphatic rings. The Hall–Kier alpha value is -2.13. The third-order valence-corrected chi connectivity index (χ3v) is 8.79. The van der Waals surface area contributed by atoms with E-state index < -0.39 is 16.1 Å². The summed E-state index contributed by atoms with van der Waals surface area (Å²) in [5, 5.41) is 5.93. The van der Waals surface area contributed by atoms with Crippen molar-refractivity contribution in [2.45, 2.75) is 82.3 Å². The van der Waals surface area contributed by atoms with Crippen molar-refractivity contribution < 1.29 is 22.7 Å². The molecule has 1 aromatic rings. The maximum absolute atomic E-state index is 13.5. The minimum absolute atomic E-state index is 0.0289. The van der Waals surface area contributed by atoms with Gasteiger partial charge in [-0.25, -0.2) is 8.42 Å². The molecular formula is C23H33N3O5S. The van der Waals surface area contributed by atoms with E-state index in [0.717, 1.165) is 25.7 Å². The number of hydrogen-bond acceptors (Lipinski definition) is 5. The number of nitrogens with zero attached hydrogens (tertiary/aromatic N) is 1. The quantitative estimate of drug-likeness (QED) is 0.668. The van der Waals surface area contributed by atoms with Crippen LogP contribution in [0.4, 0.5) is 5.69 Å². The predicted molar refractivity (Wildman–Crippen MR) is 121 cm³/mol. The Balaban J connectivity index is 1.49. The van der Waals surface area contributed by atoms with Crippen molar-refractivity contribution in [1.82, 2.24) is 9.62 Å². The fourth-order valence-electron chi connectivity index (χ4n) is 4.88. The standard InChI is InChI=1S/C23H33N3O5S/c1-15-12-19-20(31-16(2)22(27)25-19)13-21(15)32(29,30)26-11-7-8-17(14-26)23(28)24-18-9-5-3-4-6-10-18/h12-13,16-18H,3-11,14H2,1-2H3,(H,24,28)(H,25,27)/t16-,17-/m1/s1. The van der Waals surface area contributed by atoms with Crippen molar-refractivity contribution in [1.29, 1.82) is 0 Å². The highest BCUT2D eigenvalue weighted by Gasteiger charge is 2.36. The number of benzene rings is 1. The second kappa shape index (κ2) is 9.39. The molecule has 2 atom stereocenters. The van der Waals surface area contributed by atoms with Gasteiger partial charge in [-0.15, -0.1) is 0 Å². The summed E-state index contributed by atoms with van der Waals surface area (Å²) in [6.07, 6.45) is 7.36. The van der Waals surface area contributed by atoms with E-state index in [2.05, 4.69) is 10.6 Å². The molecule has 2 aliphatic heterocycles. The molecule has 1 aromatic carbocycles. The second-order valence-electron chi connectivity index (χ2n) is 9.26. The molecule has 8 nitrogen and oxygen atoms in total. The van der Waals surface area contributed by atoms with E-state index in [4.69, 9.17) is 4.74 Å². The van der Waals surface area contributed by atoms with Crippen LogP contribution in [0.25, 0.3) is 0 Å². The molecule has 4 rings (SSSR count). The van der Waals surface area contributed by atoms with Gasteiger partial charge in [0.1, 0.15) is 5.75 Å². The molecule has 0 unspecified atom stereocenters. The lowest BCUT2D eigenvalue weighted by Crippen LogP contribution is -2.47. The van der Waals surface area contributed by atoms with Crippen LogP contribution in [-0.2, 0) is 19.6 Å². The van der Waals surface area contributed by atoms with Crippen molar-refractivity contribution >= 4 is 27.5 Å². The van der Waals surface area contributed by atoms with Gasteiger partial charge in [0.25, 0.3) is 5.91 Å². The number of hydrogen-bond donors (Lipinski definition) is 2. The molecular weight excluding hydrogens is 430 g/mol. The Morgan fingerprint density at radius 2 is 1.84 bits per heavy atom. The van der Waals surface area contributed by atoms with Gasteiger partial charge in [-0.1, -0.05) is 25.7 Å². The molecule has 9 heteroatoms. The van der Waals surface area contributed by atoms with Crippen molar-refractivity contribution in [3.05, 3.63) is 17.7 Å². The molecule has 176 valence electrons. The van der Waals surface area contributed by atoms with Gasteiger partial charge in [-0.3, -0.25) is 9.59 Å². The minimum Gasteiger partial charge on any atom is -0.479 e. The molecule has 0 radical (unpaired) electrons. The van der Waals surface area contributed by atoms with Gasteiger partial charge in [0.15, 0.2) is 6.10 Å². The second-order valence-corrected chi connectivity index (χ2v) is 11.2. The van der Waals surface area contributed by atoms with Crippen molar-refractivity contribution in [2.24, 2.45) is 5.92 Å². The van der Waals surface area contributed by atoms with Gasteiger partial charge in [0, 0.05) is 25.2 Å². The van der Waals surface area contributed by atoms with Gasteiger partial charge >= 0.3 is 0 Å². The fourth-order valence-corrected chi connectivity index (χ4v) is 6.62. The lowest BCUT2D eigenvalue weighted by molar-refractivity contribution is -0.127. The monoisotopic (exact) mass is 463 g/mol. The summed E-state index contributed by atoms with van der Waals surface area (Å²) in [6.45, 7) is 3.90. The van der Waals surface area contributed by atoms with Crippen LogP contribution in [0.1, 0.15) is 63.9 Å². The zero-order valence-corrected chi connectivity index (χ0v) is 19.7. The number of rotatable bonds is 4. The number of ether oxygens (including phenoxy) is 1. The zero-order chi connectivity index (χ0) is 22.9. The van der Waals surface area contributed by atoms with Crippen molar-refractivity contribution in [2.75, 3.05) is 18.4 Å². The van der Waals surface area contributed by atoms with E-state index in [1.165, 1.54) is 23.2 Å². The summed E-state index contributed by atoms with van der Waals surface area (Å²) in [4.78, 5) is 24.9. The van der Waals surface area contributed by atoms with E-state index in [-0.39, 0.29) is 35.2 Å². The molecule has 1 aliphatic carbocycles. The van der Waals surface area contributed by atoms with Crippen LogP contribution < -0.4 is 15.4 Å². The van der Waals surface area contributed by atoms with Crippen LogP contribution in [0.3, 0.4) is 0 Å². The van der Waals surface area contributed by atoms with Crippen LogP contribution in [-0.4, -0.2) is 49.8 Å². The number of fused-ring (bicyclic) bond motifs is 1. The first-order chi connectivity index (χ1) is 15.3. The number of amides is 2. The summed E-state index contributed by atoms with van der Waals surface area (Å²) in [5.41, 5.74) is 1.01. The Kier molecular flexibility index (Phi) is 6.76. The average Bonchev–Trinajstić information content (AvgIpc) is 3.03. The minimum atomic E-state index is -3.80. The number of nitrogens with one attached hydrogen (secondary N) is 2. The summed E-state index contributed by atoms with van der Waals surface area (Å²) in [6, 6.07) is 3.33. The predicted octanol–water partition coefficient (Wildman–Crippen LogP) is 2.95. The van der Waals surface area contributed by atoms with Crippen LogP contribution in [0.2, 0.25) is 0 Å². The van der Waals surface area contributed by atoms with Crippen LogP contribution in [0.5, 0.6) is 5.75 Å². The Bertz CT molecular complexity index is 986. The van der Waals surface area contributed by atoms with Crippen LogP contribution in [0.15, 0.2) is 17.0 Å². The van der Waals surface area contributed by atoms with E-state index in [1.807, 2.05) is 0 Å². The third kappa shape index (κ3) is 4.78. The Morgan fingerprint density at radius 1 is 1.12 bits per heavy atom. The summed E-state index contributed by atoms with van der Waals surface area (Å²) in [7, 11) is -3.80. The third-order valence-electron chi connectivity index (χ3n) is 6.78. The first-order valence-electron chi connectivity index (χ1n) is 11.7. The number of carbonyl (C=O) groups is 2. The molecule has 1 saturated heterocycles. The van der Waals surface area contributed by atoms with Crippen LogP contribution >= 0.6 is 0 Å². The summed E-state index contributed by atoms with van der Waals surface area (Å²) < 4.78 is 34.0. The van der Waals surface area contributed by atoms with Gasteiger partial charge < -0.3 is 15.4 Å². The molecule has 2 heterocycles. The molecule has 1 saturated carbocycles. The molecule has 0 spiro atoms. The van der Waals surface area contributed by atoms with Crippen molar-refractivity contribution in [3.63, 3.8) is 0 Å². The maximum atomic E-state index is 13.5. The van der Waals surface area contributed by atoms with Crippen LogP contribution in [0, 0.1) is 12.8 Å². The topological polar surface area (TPSA) is 105 Å². The molecule has 2 amide bonds. The lowest BCUT2D eigenvalue weighted by atomic mass is 9.97. The molecule has 0 aromatic heterocycles. The van der Waals surface area contributed by atoms with E-state index in [1.54, 1.807) is 19.9 Å². The SMILES string of the molecule is Cc1cc2c(cc1S(=O)(=O)N1CCC[C@@H](C(=O)NC3CCCCCC3)C1)O[C@H](C)C(=O)N2. The summed E-state index contributed by atoms with van der Waals surface area (Å²) in [5.74, 6) is -0.277. The van der Waals surface area contributed by atoms with E-state index in [9.17, 15) is 18.0 Å². The largest absolute Gasteiger partial charge is 0.479 e. The zero-order valence-electron chi connectivity index (χ0n) is 18.9. The Morgan fingerprint density at radius 3 is 2.56 bits per heavy atom. The van der Waals surface area contributed by atoms with Gasteiger partial charge in [-0.2, -0.15) is 4.31 Å². The van der Waals surface area contributed by atoms with Gasteiger partial charge in [0.05, 0.1) is 16.5 Å². The first-order valence-corrected chi connectivity index (χ1v) is 13.1. The Labute approximate surface area is 190 Å². The summed E-state index contributed by atoms with van der Waals surface area (Å²) >= 11 is 0. The fraction of sp³-hybridized carbons (Fsp3) is 0.652. The smallest absolute Gasteiger partial charge is 0.265 e. The maximum Gasteiger partial charge on any atom is 0.265 e. The number of anilines is 1. The molecule has 2 N–H and O–H groups in total. The normalized spacial score (nSPS) is 25.2. The van der Waals surface area contributed by atoms with Crippen molar-refractivity contribution in [3.8, 4) is 5.75 Å². The first kappa shape index (κ1) is 23.0. The highest BCUT2D eigenvalue weighted by atomic mass is 32.2. The van der Waals surface area contributed by atoms with Gasteiger partial charge in [-0.05, 0) is 51.2 Å². The van der Waals surface area contributed by atoms with E-state index in [0.29, 0.717) is 36.4 Å². The number of piperidine rings is 1. The lowest BCUT2D eigenvalue weighted by Gasteiger charge is -2.33. The molecule has 32 heavy (non-hydrogen) atoms. The average molecular weight is 464 g/mol. The molecule has 0 bridgehead atoms. The number of aryl methyl sites for hydroxylation is 1. The highest BCUT2D eigenvalue weighted by Crippen LogP contribution is 2.36. The molecule has 2 fully saturated rings. The highest BCUT2D eigenvalue weighted by molar-refractivity contribution is 7.89.